The molecular formula is C12H21NO5. The summed E-state index contributed by atoms with van der Waals surface area (Å²) >= 11 is 0. The third kappa shape index (κ3) is 3.13. The van der Waals surface area contributed by atoms with Gasteiger partial charge in [-0.25, -0.2) is 9.59 Å². The minimum absolute atomic E-state index is 0.121. The second-order valence-electron chi connectivity index (χ2n) is 5.14. The SMILES string of the molecule is COC(=O)C1COC(C)(C)N1C(=O)OCC(C)C. The van der Waals surface area contributed by atoms with Crippen LogP contribution in [0.3, 0.4) is 0 Å². The van der Waals surface area contributed by atoms with Crippen molar-refractivity contribution in [2.75, 3.05) is 20.3 Å². The van der Waals surface area contributed by atoms with E-state index < -0.39 is 23.8 Å². The average Bonchev–Trinajstić information content (AvgIpc) is 2.60. The number of rotatable bonds is 3. The number of nitrogens with zero attached hydrogens (tertiary/aromatic N) is 1. The van der Waals surface area contributed by atoms with Crippen LogP contribution in [0, 0.1) is 5.92 Å². The van der Waals surface area contributed by atoms with Crippen LogP contribution in [0.2, 0.25) is 0 Å². The van der Waals surface area contributed by atoms with Crippen molar-refractivity contribution in [1.29, 1.82) is 0 Å². The van der Waals surface area contributed by atoms with Gasteiger partial charge in [-0.3, -0.25) is 4.90 Å². The number of carbonyl (C=O) groups excluding carboxylic acids is 2. The van der Waals surface area contributed by atoms with Gasteiger partial charge < -0.3 is 14.2 Å². The van der Waals surface area contributed by atoms with E-state index in [1.54, 1.807) is 13.8 Å². The summed E-state index contributed by atoms with van der Waals surface area (Å²) in [5, 5.41) is 0. The maximum Gasteiger partial charge on any atom is 0.412 e. The Morgan fingerprint density at radius 1 is 1.44 bits per heavy atom. The molecule has 1 amide bonds. The molecule has 0 N–H and O–H groups in total. The zero-order chi connectivity index (χ0) is 13.9. The maximum atomic E-state index is 12.0. The van der Waals surface area contributed by atoms with Crippen LogP contribution < -0.4 is 0 Å². The van der Waals surface area contributed by atoms with Crippen LogP contribution in [0.5, 0.6) is 0 Å². The molecule has 104 valence electrons. The molecule has 1 fully saturated rings. The molecule has 0 aliphatic carbocycles. The van der Waals surface area contributed by atoms with E-state index >= 15 is 0 Å². The summed E-state index contributed by atoms with van der Waals surface area (Å²) in [7, 11) is 1.28. The molecule has 0 aromatic carbocycles. The Labute approximate surface area is 107 Å². The molecule has 6 heteroatoms. The van der Waals surface area contributed by atoms with Crippen molar-refractivity contribution in [1.82, 2.24) is 4.90 Å². The van der Waals surface area contributed by atoms with Crippen LogP contribution in [0.25, 0.3) is 0 Å². The monoisotopic (exact) mass is 259 g/mol. The highest BCUT2D eigenvalue weighted by Crippen LogP contribution is 2.28. The van der Waals surface area contributed by atoms with Gasteiger partial charge in [-0.15, -0.1) is 0 Å². The van der Waals surface area contributed by atoms with Crippen molar-refractivity contribution in [3.05, 3.63) is 0 Å². The van der Waals surface area contributed by atoms with E-state index in [1.807, 2.05) is 13.8 Å². The van der Waals surface area contributed by atoms with Crippen LogP contribution in [0.1, 0.15) is 27.7 Å². The Hall–Kier alpha value is -1.30. The molecule has 0 saturated carbocycles. The van der Waals surface area contributed by atoms with Crippen molar-refractivity contribution < 1.29 is 23.8 Å². The van der Waals surface area contributed by atoms with Gasteiger partial charge in [0.1, 0.15) is 5.72 Å². The fourth-order valence-corrected chi connectivity index (χ4v) is 1.77. The van der Waals surface area contributed by atoms with Crippen LogP contribution in [0.4, 0.5) is 4.79 Å². The van der Waals surface area contributed by atoms with E-state index in [2.05, 4.69) is 4.74 Å². The molecular weight excluding hydrogens is 238 g/mol. The lowest BCUT2D eigenvalue weighted by atomic mass is 10.2. The van der Waals surface area contributed by atoms with Gasteiger partial charge in [-0.05, 0) is 19.8 Å². The number of ether oxygens (including phenoxy) is 3. The van der Waals surface area contributed by atoms with Gasteiger partial charge in [0.15, 0.2) is 6.04 Å². The molecule has 1 rings (SSSR count). The van der Waals surface area contributed by atoms with E-state index in [9.17, 15) is 9.59 Å². The highest BCUT2D eigenvalue weighted by atomic mass is 16.6. The molecule has 1 atom stereocenters. The fourth-order valence-electron chi connectivity index (χ4n) is 1.77. The Morgan fingerprint density at radius 3 is 2.56 bits per heavy atom. The molecule has 1 unspecified atom stereocenters. The molecule has 0 radical (unpaired) electrons. The first-order valence-corrected chi connectivity index (χ1v) is 5.97. The van der Waals surface area contributed by atoms with Crippen LogP contribution in [0.15, 0.2) is 0 Å². The number of hydrogen-bond acceptors (Lipinski definition) is 5. The lowest BCUT2D eigenvalue weighted by molar-refractivity contribution is -0.146. The topological polar surface area (TPSA) is 65.1 Å². The third-order valence-electron chi connectivity index (χ3n) is 2.70. The smallest absolute Gasteiger partial charge is 0.412 e. The quantitative estimate of drug-likeness (QED) is 0.717. The molecule has 0 spiro atoms. The van der Waals surface area contributed by atoms with E-state index in [0.717, 1.165) is 0 Å². The van der Waals surface area contributed by atoms with Crippen LogP contribution in [-0.4, -0.2) is 49.1 Å². The molecule has 1 aliphatic rings. The number of esters is 1. The Balaban J connectivity index is 2.78. The van der Waals surface area contributed by atoms with Crippen molar-refractivity contribution in [2.24, 2.45) is 5.92 Å². The number of hydrogen-bond donors (Lipinski definition) is 0. The highest BCUT2D eigenvalue weighted by Gasteiger charge is 2.48. The lowest BCUT2D eigenvalue weighted by Gasteiger charge is -2.31. The zero-order valence-electron chi connectivity index (χ0n) is 11.6. The second kappa shape index (κ2) is 5.56. The summed E-state index contributed by atoms with van der Waals surface area (Å²) in [6, 6.07) is -0.746. The third-order valence-corrected chi connectivity index (χ3v) is 2.70. The van der Waals surface area contributed by atoms with Gasteiger partial charge in [0.25, 0.3) is 0 Å². The first-order valence-electron chi connectivity index (χ1n) is 5.97. The Morgan fingerprint density at radius 2 is 2.06 bits per heavy atom. The fraction of sp³-hybridized carbons (Fsp3) is 0.833. The molecule has 0 aromatic heterocycles. The highest BCUT2D eigenvalue weighted by molar-refractivity contribution is 5.82. The summed E-state index contributed by atoms with van der Waals surface area (Å²) < 4.78 is 15.3. The summed E-state index contributed by atoms with van der Waals surface area (Å²) in [6.45, 7) is 7.74. The van der Waals surface area contributed by atoms with Gasteiger partial charge in [0.2, 0.25) is 0 Å². The predicted molar refractivity (Wildman–Crippen MR) is 63.9 cm³/mol. The normalized spacial score (nSPS) is 22.1. The van der Waals surface area contributed by atoms with Gasteiger partial charge in [0.05, 0.1) is 20.3 Å². The molecule has 1 heterocycles. The predicted octanol–water partition coefficient (Wildman–Crippen LogP) is 1.39. The molecule has 1 aliphatic heterocycles. The zero-order valence-corrected chi connectivity index (χ0v) is 11.6. The minimum Gasteiger partial charge on any atom is -0.467 e. The summed E-state index contributed by atoms with van der Waals surface area (Å²) in [5.41, 5.74) is -0.868. The molecule has 6 nitrogen and oxygen atoms in total. The summed E-state index contributed by atoms with van der Waals surface area (Å²) in [4.78, 5) is 24.9. The second-order valence-corrected chi connectivity index (χ2v) is 5.14. The molecule has 18 heavy (non-hydrogen) atoms. The first-order chi connectivity index (χ1) is 8.29. The van der Waals surface area contributed by atoms with Crippen molar-refractivity contribution in [2.45, 2.75) is 39.5 Å². The Kier molecular flexibility index (Phi) is 4.56. The first kappa shape index (κ1) is 14.8. The van der Waals surface area contributed by atoms with E-state index in [4.69, 9.17) is 9.47 Å². The van der Waals surface area contributed by atoms with Gasteiger partial charge in [0, 0.05) is 0 Å². The van der Waals surface area contributed by atoms with Gasteiger partial charge in [-0.1, -0.05) is 13.8 Å². The van der Waals surface area contributed by atoms with E-state index in [-0.39, 0.29) is 12.5 Å². The number of amides is 1. The molecule has 0 bridgehead atoms. The summed E-state index contributed by atoms with van der Waals surface area (Å²) in [5.74, 6) is -0.265. The average molecular weight is 259 g/mol. The van der Waals surface area contributed by atoms with Gasteiger partial charge >= 0.3 is 12.1 Å². The lowest BCUT2D eigenvalue weighted by Crippen LogP contribution is -2.51. The summed E-state index contributed by atoms with van der Waals surface area (Å²) in [6.07, 6.45) is -0.554. The number of methoxy groups -OCH3 is 1. The van der Waals surface area contributed by atoms with E-state index in [1.165, 1.54) is 12.0 Å². The molecule has 0 aromatic rings. The van der Waals surface area contributed by atoms with Crippen LogP contribution >= 0.6 is 0 Å². The van der Waals surface area contributed by atoms with Gasteiger partial charge in [-0.2, -0.15) is 0 Å². The maximum absolute atomic E-state index is 12.0. The van der Waals surface area contributed by atoms with Crippen molar-refractivity contribution in [3.8, 4) is 0 Å². The number of carbonyl (C=O) groups is 2. The Bertz CT molecular complexity index is 326. The molecule has 1 saturated heterocycles. The van der Waals surface area contributed by atoms with Crippen LogP contribution in [-0.2, 0) is 19.0 Å². The minimum atomic E-state index is -0.868. The van der Waals surface area contributed by atoms with E-state index in [0.29, 0.717) is 6.61 Å². The largest absolute Gasteiger partial charge is 0.467 e. The van der Waals surface area contributed by atoms with Crippen molar-refractivity contribution in [3.63, 3.8) is 0 Å². The standard InChI is InChI=1S/C12H21NO5/c1-8(2)6-17-11(15)13-9(10(14)16-5)7-18-12(13,3)4/h8-9H,6-7H2,1-5H3. The van der Waals surface area contributed by atoms with Crippen molar-refractivity contribution >= 4 is 12.1 Å².